The van der Waals surface area contributed by atoms with Crippen LogP contribution >= 0.6 is 0 Å². The molecular weight excluding hydrogens is 335 g/mol. The minimum atomic E-state index is -4.78. The number of benzene rings is 1. The van der Waals surface area contributed by atoms with E-state index in [0.717, 1.165) is 30.5 Å². The topological polar surface area (TPSA) is 41.9 Å². The third-order valence-electron chi connectivity index (χ3n) is 6.36. The molecule has 1 fully saturated rings. The van der Waals surface area contributed by atoms with E-state index >= 15 is 0 Å². The van der Waals surface area contributed by atoms with E-state index in [-0.39, 0.29) is 23.5 Å². The Morgan fingerprint density at radius 3 is 2.88 bits per heavy atom. The summed E-state index contributed by atoms with van der Waals surface area (Å²) in [4.78, 5) is 2.30. The summed E-state index contributed by atoms with van der Waals surface area (Å²) < 4.78 is 48.6. The summed E-state index contributed by atoms with van der Waals surface area (Å²) in [5.41, 5.74) is 1.35. The van der Waals surface area contributed by atoms with E-state index in [9.17, 15) is 18.3 Å². The number of likely N-dealkylation sites (tertiary alicyclic amines) is 1. The van der Waals surface area contributed by atoms with Crippen molar-refractivity contribution in [1.82, 2.24) is 4.90 Å². The third kappa shape index (κ3) is 1.91. The van der Waals surface area contributed by atoms with Crippen LogP contribution in [0.25, 0.3) is 0 Å². The van der Waals surface area contributed by atoms with Crippen LogP contribution in [0.15, 0.2) is 24.3 Å². The molecule has 5 atom stereocenters. The molecule has 1 aromatic rings. The Bertz CT molecular complexity index is 778. The number of nitrogens with zero attached hydrogens (tertiary/aromatic N) is 1. The van der Waals surface area contributed by atoms with E-state index < -0.39 is 24.0 Å². The molecule has 1 N–H and O–H groups in total. The SMILES string of the molecule is CN1CCC23c4c5ccc(OC(F)(F)F)c4OC2C(O)C=CC3C1C5. The molecule has 4 aliphatic rings. The highest BCUT2D eigenvalue weighted by atomic mass is 19.4. The summed E-state index contributed by atoms with van der Waals surface area (Å²) in [5, 5.41) is 10.5. The Kier molecular flexibility index (Phi) is 2.92. The molecular formula is C18H18F3NO3. The number of hydrogen-bond donors (Lipinski definition) is 1. The highest BCUT2D eigenvalue weighted by Gasteiger charge is 2.64. The zero-order chi connectivity index (χ0) is 17.6. The Morgan fingerprint density at radius 1 is 1.32 bits per heavy atom. The Balaban J connectivity index is 1.73. The second-order valence-electron chi connectivity index (χ2n) is 7.46. The lowest BCUT2D eigenvalue weighted by atomic mass is 9.53. The zero-order valence-electron chi connectivity index (χ0n) is 13.6. The van der Waals surface area contributed by atoms with Gasteiger partial charge in [-0.15, -0.1) is 13.2 Å². The van der Waals surface area contributed by atoms with Crippen LogP contribution in [0.4, 0.5) is 13.2 Å². The van der Waals surface area contributed by atoms with Gasteiger partial charge in [0.25, 0.3) is 0 Å². The molecule has 25 heavy (non-hydrogen) atoms. The van der Waals surface area contributed by atoms with Crippen molar-refractivity contribution in [3.8, 4) is 11.5 Å². The van der Waals surface area contributed by atoms with Crippen molar-refractivity contribution in [1.29, 1.82) is 0 Å². The van der Waals surface area contributed by atoms with Crippen molar-refractivity contribution in [3.05, 3.63) is 35.4 Å². The number of aliphatic hydroxyl groups excluding tert-OH is 1. The van der Waals surface area contributed by atoms with E-state index in [0.29, 0.717) is 0 Å². The van der Waals surface area contributed by atoms with E-state index in [2.05, 4.69) is 16.7 Å². The van der Waals surface area contributed by atoms with Crippen LogP contribution in [-0.2, 0) is 11.8 Å². The fourth-order valence-electron chi connectivity index (χ4n) is 5.43. The predicted octanol–water partition coefficient (Wildman–Crippen LogP) is 2.39. The molecule has 4 nitrogen and oxygen atoms in total. The average molecular weight is 353 g/mol. The van der Waals surface area contributed by atoms with Crippen LogP contribution in [-0.4, -0.2) is 48.2 Å². The first-order chi connectivity index (χ1) is 11.8. The largest absolute Gasteiger partial charge is 0.573 e. The van der Waals surface area contributed by atoms with E-state index in [1.807, 2.05) is 6.08 Å². The van der Waals surface area contributed by atoms with Crippen LogP contribution in [0.5, 0.6) is 11.5 Å². The highest BCUT2D eigenvalue weighted by Crippen LogP contribution is 2.62. The lowest BCUT2D eigenvalue weighted by molar-refractivity contribution is -0.275. The van der Waals surface area contributed by atoms with E-state index in [1.54, 1.807) is 12.1 Å². The zero-order valence-corrected chi connectivity index (χ0v) is 13.6. The van der Waals surface area contributed by atoms with Crippen molar-refractivity contribution in [2.24, 2.45) is 5.92 Å². The van der Waals surface area contributed by atoms with Crippen molar-refractivity contribution in [2.45, 2.75) is 42.9 Å². The van der Waals surface area contributed by atoms with Crippen LogP contribution in [0, 0.1) is 5.92 Å². The van der Waals surface area contributed by atoms with Gasteiger partial charge in [-0.3, -0.25) is 0 Å². The van der Waals surface area contributed by atoms with Gasteiger partial charge in [-0.2, -0.15) is 0 Å². The van der Waals surface area contributed by atoms with Gasteiger partial charge in [0.2, 0.25) is 0 Å². The molecule has 5 unspecified atom stereocenters. The normalized spacial score (nSPS) is 38.3. The third-order valence-corrected chi connectivity index (χ3v) is 6.36. The molecule has 2 heterocycles. The molecule has 2 bridgehead atoms. The molecule has 2 aliphatic heterocycles. The summed E-state index contributed by atoms with van der Waals surface area (Å²) >= 11 is 0. The molecule has 0 aromatic heterocycles. The first-order valence-electron chi connectivity index (χ1n) is 8.46. The molecule has 134 valence electrons. The maximum Gasteiger partial charge on any atom is 0.573 e. The lowest BCUT2D eigenvalue weighted by Crippen LogP contribution is -2.64. The van der Waals surface area contributed by atoms with Gasteiger partial charge in [-0.25, -0.2) is 0 Å². The number of hydrogen-bond acceptors (Lipinski definition) is 4. The lowest BCUT2D eigenvalue weighted by Gasteiger charge is -2.56. The Hall–Kier alpha value is -1.73. The van der Waals surface area contributed by atoms with Crippen molar-refractivity contribution in [3.63, 3.8) is 0 Å². The summed E-state index contributed by atoms with van der Waals surface area (Å²) in [6, 6.07) is 3.32. The fraction of sp³-hybridized carbons (Fsp3) is 0.556. The molecule has 1 aromatic carbocycles. The molecule has 0 saturated carbocycles. The van der Waals surface area contributed by atoms with Crippen LogP contribution in [0.3, 0.4) is 0 Å². The van der Waals surface area contributed by atoms with Gasteiger partial charge in [-0.05, 0) is 38.1 Å². The Labute approximate surface area is 142 Å². The van der Waals surface area contributed by atoms with Crippen molar-refractivity contribution in [2.75, 3.05) is 13.6 Å². The second kappa shape index (κ2) is 4.71. The number of ether oxygens (including phenoxy) is 2. The van der Waals surface area contributed by atoms with Gasteiger partial charge in [0.1, 0.15) is 12.2 Å². The second-order valence-corrected chi connectivity index (χ2v) is 7.46. The average Bonchev–Trinajstić information content (AvgIpc) is 2.88. The molecule has 1 spiro atoms. The van der Waals surface area contributed by atoms with Crippen LogP contribution in [0.1, 0.15) is 17.5 Å². The van der Waals surface area contributed by atoms with E-state index in [4.69, 9.17) is 4.74 Å². The van der Waals surface area contributed by atoms with Gasteiger partial charge >= 0.3 is 6.36 Å². The number of piperidine rings is 1. The summed E-state index contributed by atoms with van der Waals surface area (Å²) in [6.07, 6.45) is -0.927. The molecule has 0 amide bonds. The van der Waals surface area contributed by atoms with Gasteiger partial charge in [0.15, 0.2) is 11.5 Å². The molecule has 7 heteroatoms. The minimum absolute atomic E-state index is 0.120. The predicted molar refractivity (Wildman–Crippen MR) is 82.6 cm³/mol. The van der Waals surface area contributed by atoms with Crippen LogP contribution in [0.2, 0.25) is 0 Å². The first-order valence-corrected chi connectivity index (χ1v) is 8.46. The summed E-state index contributed by atoms with van der Waals surface area (Å²) in [6.45, 7) is 0.824. The number of halogens is 3. The van der Waals surface area contributed by atoms with Crippen molar-refractivity contribution < 1.29 is 27.8 Å². The quantitative estimate of drug-likeness (QED) is 0.788. The first kappa shape index (κ1) is 15.5. The Morgan fingerprint density at radius 2 is 2.12 bits per heavy atom. The number of likely N-dealkylation sites (N-methyl/N-ethyl adjacent to an activating group) is 1. The van der Waals surface area contributed by atoms with E-state index in [1.165, 1.54) is 6.07 Å². The smallest absolute Gasteiger partial charge is 0.482 e. The minimum Gasteiger partial charge on any atom is -0.482 e. The standard InChI is InChI=1S/C18H18F3NO3/c1-22-7-6-17-10-3-4-12(23)16(17)24-15-13(25-18(19,20)21)5-2-9(14(15)17)8-11(10)22/h2-5,10-12,16,23H,6-8H2,1H3. The molecule has 2 aliphatic carbocycles. The number of alkyl halides is 3. The maximum absolute atomic E-state index is 12.8. The van der Waals surface area contributed by atoms with Crippen molar-refractivity contribution >= 4 is 0 Å². The van der Waals surface area contributed by atoms with Crippen LogP contribution < -0.4 is 9.47 Å². The molecule has 1 saturated heterocycles. The monoisotopic (exact) mass is 353 g/mol. The molecule has 0 radical (unpaired) electrons. The maximum atomic E-state index is 12.8. The van der Waals surface area contributed by atoms with Gasteiger partial charge in [0.05, 0.1) is 0 Å². The summed E-state index contributed by atoms with van der Waals surface area (Å²) in [7, 11) is 2.08. The highest BCUT2D eigenvalue weighted by molar-refractivity contribution is 5.62. The number of aliphatic hydroxyl groups is 1. The summed E-state index contributed by atoms with van der Waals surface area (Å²) in [5.74, 6) is -0.0246. The van der Waals surface area contributed by atoms with Gasteiger partial charge in [0, 0.05) is 22.9 Å². The van der Waals surface area contributed by atoms with Gasteiger partial charge < -0.3 is 19.5 Å². The number of rotatable bonds is 1. The fourth-order valence-corrected chi connectivity index (χ4v) is 5.43. The van der Waals surface area contributed by atoms with Gasteiger partial charge in [-0.1, -0.05) is 18.2 Å². The molecule has 5 rings (SSSR count).